The van der Waals surface area contributed by atoms with Gasteiger partial charge in [0, 0.05) is 35.0 Å². The van der Waals surface area contributed by atoms with Crippen LogP contribution in [0.2, 0.25) is 0 Å². The highest BCUT2D eigenvalue weighted by Crippen LogP contribution is 2.50. The quantitative estimate of drug-likeness (QED) is 0.312. The van der Waals surface area contributed by atoms with E-state index in [2.05, 4.69) is 90.5 Å². The van der Waals surface area contributed by atoms with E-state index in [4.69, 9.17) is 0 Å². The number of hydrogen-bond acceptors (Lipinski definition) is 2. The van der Waals surface area contributed by atoms with Crippen LogP contribution in [0.4, 0.5) is 0 Å². The summed E-state index contributed by atoms with van der Waals surface area (Å²) >= 11 is 0. The van der Waals surface area contributed by atoms with Crippen LogP contribution >= 0.6 is 0 Å². The Kier molecular flexibility index (Phi) is 3.85. The van der Waals surface area contributed by atoms with E-state index in [9.17, 15) is 0 Å². The molecule has 31 heavy (non-hydrogen) atoms. The standard InChI is InChI=1S/C29H22N2/c1-29(2)26-16-21(19-6-3-7-20(14-19)23-9-4-12-30-18-23)10-11-24(26)25-15-22-8-5-13-31-28(22)17-27(25)29/h3-18H,1-2H3. The second kappa shape index (κ2) is 6.61. The molecule has 5 aromatic rings. The first-order valence-electron chi connectivity index (χ1n) is 10.7. The molecule has 0 fully saturated rings. The molecule has 0 radical (unpaired) electrons. The summed E-state index contributed by atoms with van der Waals surface area (Å²) < 4.78 is 0. The molecule has 2 heterocycles. The molecular formula is C29H22N2. The van der Waals surface area contributed by atoms with Crippen molar-refractivity contribution in [1.82, 2.24) is 9.97 Å². The Morgan fingerprint density at radius 1 is 0.613 bits per heavy atom. The largest absolute Gasteiger partial charge is 0.264 e. The van der Waals surface area contributed by atoms with Crippen molar-refractivity contribution in [2.24, 2.45) is 0 Å². The third-order valence-corrected chi connectivity index (χ3v) is 6.59. The lowest BCUT2D eigenvalue weighted by Crippen LogP contribution is -2.15. The lowest BCUT2D eigenvalue weighted by molar-refractivity contribution is 0.661. The van der Waals surface area contributed by atoms with Crippen LogP contribution in [0.3, 0.4) is 0 Å². The minimum atomic E-state index is -0.0622. The number of hydrogen-bond donors (Lipinski definition) is 0. The van der Waals surface area contributed by atoms with E-state index in [1.54, 1.807) is 0 Å². The Labute approximate surface area is 182 Å². The van der Waals surface area contributed by atoms with Gasteiger partial charge < -0.3 is 0 Å². The summed E-state index contributed by atoms with van der Waals surface area (Å²) in [5.41, 5.74) is 11.2. The highest BCUT2D eigenvalue weighted by Gasteiger charge is 2.36. The van der Waals surface area contributed by atoms with Crippen LogP contribution in [0.1, 0.15) is 25.0 Å². The molecule has 2 nitrogen and oxygen atoms in total. The summed E-state index contributed by atoms with van der Waals surface area (Å²) in [5.74, 6) is 0. The summed E-state index contributed by atoms with van der Waals surface area (Å²) in [7, 11) is 0. The van der Waals surface area contributed by atoms with Gasteiger partial charge in [0.25, 0.3) is 0 Å². The lowest BCUT2D eigenvalue weighted by atomic mass is 9.81. The van der Waals surface area contributed by atoms with Crippen LogP contribution in [0.5, 0.6) is 0 Å². The first-order valence-corrected chi connectivity index (χ1v) is 10.7. The van der Waals surface area contributed by atoms with Gasteiger partial charge in [0.2, 0.25) is 0 Å². The number of aromatic nitrogens is 2. The molecule has 0 aliphatic heterocycles. The van der Waals surface area contributed by atoms with Crippen molar-refractivity contribution < 1.29 is 0 Å². The maximum Gasteiger partial charge on any atom is 0.0705 e. The van der Waals surface area contributed by atoms with E-state index in [0.29, 0.717) is 0 Å². The Balaban J connectivity index is 1.49. The van der Waals surface area contributed by atoms with Gasteiger partial charge >= 0.3 is 0 Å². The van der Waals surface area contributed by atoms with Gasteiger partial charge in [-0.3, -0.25) is 9.97 Å². The van der Waals surface area contributed by atoms with Crippen LogP contribution in [0.15, 0.2) is 97.5 Å². The lowest BCUT2D eigenvalue weighted by Gasteiger charge is -2.22. The van der Waals surface area contributed by atoms with Crippen LogP contribution in [0.25, 0.3) is 44.3 Å². The van der Waals surface area contributed by atoms with Crippen molar-refractivity contribution in [2.45, 2.75) is 19.3 Å². The van der Waals surface area contributed by atoms with E-state index < -0.39 is 0 Å². The first kappa shape index (κ1) is 18.0. The van der Waals surface area contributed by atoms with Crippen LogP contribution in [0, 0.1) is 0 Å². The minimum Gasteiger partial charge on any atom is -0.264 e. The van der Waals surface area contributed by atoms with E-state index in [-0.39, 0.29) is 5.41 Å². The Morgan fingerprint density at radius 3 is 2.19 bits per heavy atom. The third-order valence-electron chi connectivity index (χ3n) is 6.59. The average molecular weight is 399 g/mol. The summed E-state index contributed by atoms with van der Waals surface area (Å²) in [6.45, 7) is 4.64. The predicted octanol–water partition coefficient (Wildman–Crippen LogP) is 7.27. The number of pyridine rings is 2. The summed E-state index contributed by atoms with van der Waals surface area (Å²) in [4.78, 5) is 8.86. The third kappa shape index (κ3) is 2.79. The zero-order chi connectivity index (χ0) is 21.0. The van der Waals surface area contributed by atoms with Gasteiger partial charge in [-0.25, -0.2) is 0 Å². The summed E-state index contributed by atoms with van der Waals surface area (Å²) in [6, 6.07) is 28.4. The predicted molar refractivity (Wildman–Crippen MR) is 128 cm³/mol. The van der Waals surface area contributed by atoms with Gasteiger partial charge in [0.15, 0.2) is 0 Å². The molecule has 1 aliphatic carbocycles. The summed E-state index contributed by atoms with van der Waals surface area (Å²) in [6.07, 6.45) is 5.60. The normalized spacial score (nSPS) is 13.7. The molecule has 0 unspecified atom stereocenters. The maximum absolute atomic E-state index is 4.59. The molecule has 2 aromatic heterocycles. The van der Waals surface area contributed by atoms with Crippen molar-refractivity contribution in [2.75, 3.05) is 0 Å². The molecule has 0 spiro atoms. The molecule has 0 N–H and O–H groups in total. The number of rotatable bonds is 2. The molecule has 0 atom stereocenters. The van der Waals surface area contributed by atoms with Gasteiger partial charge in [0.05, 0.1) is 5.52 Å². The van der Waals surface area contributed by atoms with Crippen LogP contribution in [-0.4, -0.2) is 9.97 Å². The van der Waals surface area contributed by atoms with E-state index in [1.807, 2.05) is 30.7 Å². The Bertz CT molecular complexity index is 1450. The van der Waals surface area contributed by atoms with Crippen molar-refractivity contribution in [1.29, 1.82) is 0 Å². The van der Waals surface area contributed by atoms with Gasteiger partial charge in [0.1, 0.15) is 0 Å². The smallest absolute Gasteiger partial charge is 0.0705 e. The molecule has 0 saturated heterocycles. The van der Waals surface area contributed by atoms with Crippen LogP contribution < -0.4 is 0 Å². The minimum absolute atomic E-state index is 0.0622. The van der Waals surface area contributed by atoms with E-state index in [0.717, 1.165) is 11.1 Å². The molecule has 3 aromatic carbocycles. The number of nitrogens with zero attached hydrogens (tertiary/aromatic N) is 2. The van der Waals surface area contributed by atoms with Gasteiger partial charge in [-0.2, -0.15) is 0 Å². The average Bonchev–Trinajstić information content (AvgIpc) is 3.04. The Morgan fingerprint density at radius 2 is 1.35 bits per heavy atom. The van der Waals surface area contributed by atoms with Gasteiger partial charge in [-0.1, -0.05) is 56.3 Å². The highest BCUT2D eigenvalue weighted by molar-refractivity contribution is 5.92. The fourth-order valence-electron chi connectivity index (χ4n) is 4.89. The number of benzene rings is 3. The fraction of sp³-hybridized carbons (Fsp3) is 0.103. The van der Waals surface area contributed by atoms with Crippen molar-refractivity contribution >= 4 is 10.9 Å². The van der Waals surface area contributed by atoms with Gasteiger partial charge in [-0.15, -0.1) is 0 Å². The zero-order valence-electron chi connectivity index (χ0n) is 17.6. The zero-order valence-corrected chi connectivity index (χ0v) is 17.6. The van der Waals surface area contributed by atoms with E-state index in [1.165, 1.54) is 44.3 Å². The first-order chi connectivity index (χ1) is 15.1. The monoisotopic (exact) mass is 398 g/mol. The molecule has 0 saturated carbocycles. The molecule has 1 aliphatic rings. The SMILES string of the molecule is CC1(C)c2cc(-c3cccc(-c4cccnc4)c3)ccc2-c2cc3cccnc3cc21. The highest BCUT2D eigenvalue weighted by atomic mass is 14.6. The maximum atomic E-state index is 4.59. The molecule has 0 amide bonds. The molecule has 6 rings (SSSR count). The van der Waals surface area contributed by atoms with Gasteiger partial charge in [-0.05, 0) is 75.3 Å². The second-order valence-electron chi connectivity index (χ2n) is 8.80. The molecule has 148 valence electrons. The van der Waals surface area contributed by atoms with Crippen molar-refractivity contribution in [3.8, 4) is 33.4 Å². The Hall–Kier alpha value is -3.78. The number of fused-ring (bicyclic) bond motifs is 4. The van der Waals surface area contributed by atoms with Crippen molar-refractivity contribution in [3.63, 3.8) is 0 Å². The molecular weight excluding hydrogens is 376 g/mol. The van der Waals surface area contributed by atoms with Crippen molar-refractivity contribution in [3.05, 3.63) is 109 Å². The topological polar surface area (TPSA) is 25.8 Å². The fourth-order valence-corrected chi connectivity index (χ4v) is 4.89. The second-order valence-corrected chi connectivity index (χ2v) is 8.80. The van der Waals surface area contributed by atoms with E-state index >= 15 is 0 Å². The molecule has 2 heteroatoms. The van der Waals surface area contributed by atoms with Crippen LogP contribution in [-0.2, 0) is 5.41 Å². The molecule has 0 bridgehead atoms. The summed E-state index contributed by atoms with van der Waals surface area (Å²) in [5, 5.41) is 1.19.